The highest BCUT2D eigenvalue weighted by Crippen LogP contribution is 2.32. The van der Waals surface area contributed by atoms with Crippen molar-refractivity contribution in [3.05, 3.63) is 0 Å². The molecule has 12 heavy (non-hydrogen) atoms. The molecule has 0 aromatic heterocycles. The monoisotopic (exact) mass is 171 g/mol. The molecule has 6 heteroatoms. The van der Waals surface area contributed by atoms with E-state index in [1.807, 2.05) is 0 Å². The quantitative estimate of drug-likeness (QED) is 0.556. The van der Waals surface area contributed by atoms with Crippen LogP contribution in [0.25, 0.3) is 0 Å². The van der Waals surface area contributed by atoms with E-state index in [-0.39, 0.29) is 0 Å². The van der Waals surface area contributed by atoms with Gasteiger partial charge in [-0.15, -0.1) is 0 Å². The Morgan fingerprint density at radius 3 is 2.50 bits per heavy atom. The molecule has 2 nitrogen and oxygen atoms in total. The van der Waals surface area contributed by atoms with Crippen molar-refractivity contribution in [2.24, 2.45) is 0 Å². The van der Waals surface area contributed by atoms with Gasteiger partial charge >= 0.3 is 5.92 Å². The van der Waals surface area contributed by atoms with Gasteiger partial charge in [-0.1, -0.05) is 13.6 Å². The van der Waals surface area contributed by atoms with Gasteiger partial charge in [-0.25, -0.2) is 0 Å². The van der Waals surface area contributed by atoms with Crippen molar-refractivity contribution in [3.8, 4) is 0 Å². The molecule has 0 bridgehead atoms. The second-order valence-corrected chi connectivity index (χ2v) is 2.78. The maximum absolute atomic E-state index is 12.8. The second-order valence-electron chi connectivity index (χ2n) is 2.78. The van der Waals surface area contributed by atoms with Gasteiger partial charge in [0.1, 0.15) is 7.28 Å². The van der Waals surface area contributed by atoms with Gasteiger partial charge in [0.15, 0.2) is 0 Å². The van der Waals surface area contributed by atoms with Crippen LogP contribution in [-0.2, 0) is 4.79 Å². The molecule has 1 fully saturated rings. The number of hydrogen-bond acceptors (Lipinski definition) is 1. The Hall–Kier alpha value is -0.540. The lowest BCUT2D eigenvalue weighted by Gasteiger charge is -2.19. The fourth-order valence-electron chi connectivity index (χ4n) is 1.37. The summed E-state index contributed by atoms with van der Waals surface area (Å²) >= 11 is 0. The van der Waals surface area contributed by atoms with Crippen molar-refractivity contribution in [3.63, 3.8) is 0 Å². The molecule has 0 aliphatic carbocycles. The number of rotatable bonds is 2. The zero-order valence-corrected chi connectivity index (χ0v) is 7.05. The van der Waals surface area contributed by atoms with Gasteiger partial charge < -0.3 is 4.81 Å². The van der Waals surface area contributed by atoms with E-state index < -0.39 is 24.2 Å². The van der Waals surface area contributed by atoms with E-state index in [0.29, 0.717) is 0 Å². The highest BCUT2D eigenvalue weighted by molar-refractivity contribution is 6.44. The lowest BCUT2D eigenvalue weighted by Crippen LogP contribution is -2.39. The van der Waals surface area contributed by atoms with Crippen LogP contribution in [0.5, 0.6) is 0 Å². The molecule has 64 valence electrons. The lowest BCUT2D eigenvalue weighted by atomic mass is 9.69. The standard InChI is InChI=1S/C6H9B2F2NO/c1-7-4-3-6(9,10)5(12)11(4)8-2/h4H,3H2,1-2H3/t4-/m1/s1. The van der Waals surface area contributed by atoms with Gasteiger partial charge in [-0.05, 0) is 5.94 Å². The Kier molecular flexibility index (Phi) is 2.44. The second kappa shape index (κ2) is 3.07. The van der Waals surface area contributed by atoms with E-state index in [1.165, 1.54) is 7.41 Å². The zero-order chi connectivity index (χ0) is 9.35. The van der Waals surface area contributed by atoms with Crippen molar-refractivity contribution in [1.82, 2.24) is 4.81 Å². The smallest absolute Gasteiger partial charge is 0.324 e. The molecule has 2 radical (unpaired) electrons. The van der Waals surface area contributed by atoms with Crippen LogP contribution in [0.15, 0.2) is 0 Å². The minimum Gasteiger partial charge on any atom is -0.390 e. The Balaban J connectivity index is 2.79. The van der Waals surface area contributed by atoms with Crippen LogP contribution in [0.2, 0.25) is 13.6 Å². The molecule has 0 unspecified atom stereocenters. The van der Waals surface area contributed by atoms with E-state index in [9.17, 15) is 13.6 Å². The van der Waals surface area contributed by atoms with E-state index in [1.54, 1.807) is 20.9 Å². The van der Waals surface area contributed by atoms with Gasteiger partial charge in [0.05, 0.1) is 0 Å². The summed E-state index contributed by atoms with van der Waals surface area (Å²) in [5.74, 6) is -4.71. The topological polar surface area (TPSA) is 20.3 Å². The van der Waals surface area contributed by atoms with Crippen molar-refractivity contribution < 1.29 is 13.6 Å². The normalized spacial score (nSPS) is 27.5. The number of carbonyl (C=O) groups is 1. The molecule has 1 heterocycles. The van der Waals surface area contributed by atoms with Crippen LogP contribution in [0.3, 0.4) is 0 Å². The number of halogens is 2. The van der Waals surface area contributed by atoms with Crippen LogP contribution >= 0.6 is 0 Å². The number of hydrogen-bond donors (Lipinski definition) is 0. The first-order chi connectivity index (χ1) is 5.53. The molecular formula is C6H9B2F2NO. The molecule has 1 rings (SSSR count). The van der Waals surface area contributed by atoms with Gasteiger partial charge in [0.2, 0.25) is 7.41 Å². The Morgan fingerprint density at radius 1 is 1.58 bits per heavy atom. The first-order valence-corrected chi connectivity index (χ1v) is 3.82. The molecular weight excluding hydrogens is 162 g/mol. The third kappa shape index (κ3) is 1.34. The average Bonchev–Trinajstić information content (AvgIpc) is 2.24. The van der Waals surface area contributed by atoms with Crippen molar-refractivity contribution in [2.75, 3.05) is 0 Å². The molecule has 0 aromatic carbocycles. The summed E-state index contributed by atoms with van der Waals surface area (Å²) in [6.45, 7) is 3.26. The number of carbonyl (C=O) groups excluding carboxylic acids is 1. The van der Waals surface area contributed by atoms with E-state index in [0.717, 1.165) is 4.81 Å². The van der Waals surface area contributed by atoms with Crippen molar-refractivity contribution in [1.29, 1.82) is 0 Å². The summed E-state index contributed by atoms with van der Waals surface area (Å²) in [5.41, 5.74) is 0. The molecule has 0 N–H and O–H groups in total. The summed E-state index contributed by atoms with van der Waals surface area (Å²) in [6.07, 6.45) is -0.396. The minimum absolute atomic E-state index is 0.396. The lowest BCUT2D eigenvalue weighted by molar-refractivity contribution is -0.144. The summed E-state index contributed by atoms with van der Waals surface area (Å²) in [7, 11) is 3.01. The maximum Gasteiger partial charge on any atom is 0.324 e. The molecule has 1 atom stereocenters. The van der Waals surface area contributed by atoms with Gasteiger partial charge in [-0.2, -0.15) is 8.78 Å². The summed E-state index contributed by atoms with van der Waals surface area (Å²) in [6, 6.07) is 0. The third-order valence-corrected chi connectivity index (χ3v) is 2.03. The third-order valence-electron chi connectivity index (χ3n) is 2.03. The van der Waals surface area contributed by atoms with E-state index in [2.05, 4.69) is 0 Å². The number of amides is 1. The summed E-state index contributed by atoms with van der Waals surface area (Å²) in [4.78, 5) is 12.0. The highest BCUT2D eigenvalue weighted by atomic mass is 19.3. The SMILES string of the molecule is C[B][C@H]1CC(F)(F)C(=O)N1[B]C. The molecule has 0 spiro atoms. The van der Waals surface area contributed by atoms with E-state index in [4.69, 9.17) is 0 Å². The predicted octanol–water partition coefficient (Wildman–Crippen LogP) is 0.600. The highest BCUT2D eigenvalue weighted by Gasteiger charge is 2.51. The fourth-order valence-corrected chi connectivity index (χ4v) is 1.37. The van der Waals surface area contributed by atoms with Crippen LogP contribution < -0.4 is 0 Å². The minimum atomic E-state index is -3.18. The Morgan fingerprint density at radius 2 is 2.17 bits per heavy atom. The average molecular weight is 171 g/mol. The maximum atomic E-state index is 12.8. The molecule has 1 saturated heterocycles. The number of alkyl halides is 2. The molecule has 0 aromatic rings. The fraction of sp³-hybridized carbons (Fsp3) is 0.833. The molecule has 0 saturated carbocycles. The van der Waals surface area contributed by atoms with Crippen molar-refractivity contribution in [2.45, 2.75) is 31.9 Å². The van der Waals surface area contributed by atoms with Gasteiger partial charge in [0, 0.05) is 6.42 Å². The van der Waals surface area contributed by atoms with Crippen LogP contribution in [-0.4, -0.2) is 37.3 Å². The van der Waals surface area contributed by atoms with Crippen LogP contribution in [0.4, 0.5) is 8.78 Å². The van der Waals surface area contributed by atoms with Crippen molar-refractivity contribution >= 4 is 20.6 Å². The Labute approximate surface area is 71.8 Å². The summed E-state index contributed by atoms with van der Waals surface area (Å²) in [5, 5.41) is 0. The van der Waals surface area contributed by atoms with E-state index >= 15 is 0 Å². The van der Waals surface area contributed by atoms with Gasteiger partial charge in [-0.3, -0.25) is 4.79 Å². The van der Waals surface area contributed by atoms with Crippen LogP contribution in [0.1, 0.15) is 6.42 Å². The first kappa shape index (κ1) is 9.55. The largest absolute Gasteiger partial charge is 0.390 e. The molecule has 1 amide bonds. The molecule has 1 aliphatic heterocycles. The van der Waals surface area contributed by atoms with Crippen LogP contribution in [0, 0.1) is 0 Å². The zero-order valence-electron chi connectivity index (χ0n) is 7.05. The van der Waals surface area contributed by atoms with Gasteiger partial charge in [0.25, 0.3) is 5.91 Å². The Bertz CT molecular complexity index is 200. The molecule has 1 aliphatic rings. The number of nitrogens with zero attached hydrogens (tertiary/aromatic N) is 1. The first-order valence-electron chi connectivity index (χ1n) is 3.82. The predicted molar refractivity (Wildman–Crippen MR) is 43.4 cm³/mol. The summed E-state index contributed by atoms with van der Waals surface area (Å²) < 4.78 is 25.6.